The highest BCUT2D eigenvalue weighted by molar-refractivity contribution is 6.31. The SMILES string of the molecule is O=C(NCc1ncccc1Cl)c1coc(CCCCCc2nc3ccccc3[nH]2)n1. The zero-order chi connectivity index (χ0) is 20.8. The fraction of sp³-hybridized carbons (Fsp3) is 0.273. The summed E-state index contributed by atoms with van der Waals surface area (Å²) in [6.07, 6.45) is 7.61. The van der Waals surface area contributed by atoms with Gasteiger partial charge in [0.05, 0.1) is 28.3 Å². The molecule has 2 N–H and O–H groups in total. The second kappa shape index (κ2) is 9.54. The summed E-state index contributed by atoms with van der Waals surface area (Å²) in [4.78, 5) is 28.6. The van der Waals surface area contributed by atoms with E-state index >= 15 is 0 Å². The van der Waals surface area contributed by atoms with Gasteiger partial charge in [-0.2, -0.15) is 0 Å². The van der Waals surface area contributed by atoms with Crippen molar-refractivity contribution < 1.29 is 9.21 Å². The molecule has 0 radical (unpaired) electrons. The van der Waals surface area contributed by atoms with E-state index in [-0.39, 0.29) is 18.1 Å². The number of aromatic nitrogens is 4. The summed E-state index contributed by atoms with van der Waals surface area (Å²) in [6.45, 7) is 0.239. The highest BCUT2D eigenvalue weighted by Crippen LogP contribution is 2.14. The Morgan fingerprint density at radius 3 is 2.80 bits per heavy atom. The predicted octanol–water partition coefficient (Wildman–Crippen LogP) is 4.48. The van der Waals surface area contributed by atoms with Crippen LogP contribution >= 0.6 is 11.6 Å². The van der Waals surface area contributed by atoms with Crippen molar-refractivity contribution in [3.8, 4) is 0 Å². The van der Waals surface area contributed by atoms with Gasteiger partial charge in [0.25, 0.3) is 5.91 Å². The lowest BCUT2D eigenvalue weighted by atomic mass is 10.1. The largest absolute Gasteiger partial charge is 0.448 e. The molecule has 0 fully saturated rings. The van der Waals surface area contributed by atoms with Crippen LogP contribution < -0.4 is 5.32 Å². The minimum atomic E-state index is -0.309. The number of halogens is 1. The molecule has 0 spiro atoms. The fourth-order valence-corrected chi connectivity index (χ4v) is 3.39. The molecule has 154 valence electrons. The van der Waals surface area contributed by atoms with Gasteiger partial charge in [0, 0.05) is 19.0 Å². The topological polar surface area (TPSA) is 96.7 Å². The molecule has 0 saturated heterocycles. The molecule has 3 heterocycles. The summed E-state index contributed by atoms with van der Waals surface area (Å²) < 4.78 is 5.43. The normalized spacial score (nSPS) is 11.1. The lowest BCUT2D eigenvalue weighted by molar-refractivity contribution is 0.0945. The maximum Gasteiger partial charge on any atom is 0.273 e. The Morgan fingerprint density at radius 1 is 1.07 bits per heavy atom. The molecule has 1 amide bonds. The standard InChI is InChI=1S/C22H22ClN5O2/c23-15-7-6-12-24-18(15)13-25-22(29)19-14-30-21(28-19)11-3-1-2-10-20-26-16-8-4-5-9-17(16)27-20/h4-9,12,14H,1-3,10-11,13H2,(H,25,29)(H,26,27). The summed E-state index contributed by atoms with van der Waals surface area (Å²) >= 11 is 6.05. The van der Waals surface area contributed by atoms with E-state index in [0.29, 0.717) is 23.0 Å². The number of para-hydroxylation sites is 2. The van der Waals surface area contributed by atoms with E-state index in [1.165, 1.54) is 6.26 Å². The number of fused-ring (bicyclic) bond motifs is 1. The number of carbonyl (C=O) groups excluding carboxylic acids is 1. The summed E-state index contributed by atoms with van der Waals surface area (Å²) in [5.41, 5.74) is 2.95. The van der Waals surface area contributed by atoms with Gasteiger partial charge in [0.15, 0.2) is 11.6 Å². The van der Waals surface area contributed by atoms with Gasteiger partial charge >= 0.3 is 0 Å². The molecule has 30 heavy (non-hydrogen) atoms. The third kappa shape index (κ3) is 5.04. The van der Waals surface area contributed by atoms with Gasteiger partial charge in [-0.25, -0.2) is 9.97 Å². The molecule has 0 saturated carbocycles. The first-order valence-electron chi connectivity index (χ1n) is 9.94. The molecule has 3 aromatic heterocycles. The molecule has 7 nitrogen and oxygen atoms in total. The first-order valence-corrected chi connectivity index (χ1v) is 10.3. The Hall–Kier alpha value is -3.19. The van der Waals surface area contributed by atoms with Crippen LogP contribution in [0.1, 0.15) is 47.2 Å². The Morgan fingerprint density at radius 2 is 1.93 bits per heavy atom. The predicted molar refractivity (Wildman–Crippen MR) is 114 cm³/mol. The van der Waals surface area contributed by atoms with Crippen LogP contribution in [0.2, 0.25) is 5.02 Å². The smallest absolute Gasteiger partial charge is 0.273 e. The van der Waals surface area contributed by atoms with Crippen LogP contribution in [0.5, 0.6) is 0 Å². The lowest BCUT2D eigenvalue weighted by Gasteiger charge is -2.03. The molecule has 0 aliphatic carbocycles. The van der Waals surface area contributed by atoms with Crippen molar-refractivity contribution in [3.05, 3.63) is 77.0 Å². The number of hydrogen-bond acceptors (Lipinski definition) is 5. The summed E-state index contributed by atoms with van der Waals surface area (Å²) in [7, 11) is 0. The van der Waals surface area contributed by atoms with Crippen LogP contribution in [0.3, 0.4) is 0 Å². The van der Waals surface area contributed by atoms with Crippen LogP contribution in [0, 0.1) is 0 Å². The second-order valence-electron chi connectivity index (χ2n) is 7.00. The number of nitrogens with zero attached hydrogens (tertiary/aromatic N) is 3. The summed E-state index contributed by atoms with van der Waals surface area (Å²) in [5.74, 6) is 1.27. The number of benzene rings is 1. The number of oxazole rings is 1. The Bertz CT molecular complexity index is 1100. The van der Waals surface area contributed by atoms with Crippen molar-refractivity contribution >= 4 is 28.5 Å². The minimum absolute atomic E-state index is 0.239. The lowest BCUT2D eigenvalue weighted by Crippen LogP contribution is -2.23. The van der Waals surface area contributed by atoms with E-state index < -0.39 is 0 Å². The maximum absolute atomic E-state index is 12.2. The highest BCUT2D eigenvalue weighted by Gasteiger charge is 2.13. The number of pyridine rings is 1. The third-order valence-corrected chi connectivity index (χ3v) is 5.12. The van der Waals surface area contributed by atoms with Gasteiger partial charge in [-0.05, 0) is 37.1 Å². The van der Waals surface area contributed by atoms with Crippen LogP contribution in [-0.4, -0.2) is 25.8 Å². The first-order chi connectivity index (χ1) is 14.7. The van der Waals surface area contributed by atoms with Crippen LogP contribution in [-0.2, 0) is 19.4 Å². The third-order valence-electron chi connectivity index (χ3n) is 4.78. The van der Waals surface area contributed by atoms with Crippen LogP contribution in [0.15, 0.2) is 53.3 Å². The molecule has 8 heteroatoms. The number of H-pyrrole nitrogens is 1. The monoisotopic (exact) mass is 423 g/mol. The Kier molecular flexibility index (Phi) is 6.39. The molecule has 1 aromatic carbocycles. The van der Waals surface area contributed by atoms with Crippen molar-refractivity contribution in [1.82, 2.24) is 25.3 Å². The van der Waals surface area contributed by atoms with Crippen molar-refractivity contribution in [1.29, 1.82) is 0 Å². The number of amides is 1. The van der Waals surface area contributed by atoms with Gasteiger partial charge in [-0.1, -0.05) is 30.2 Å². The number of nitrogens with one attached hydrogen (secondary N) is 2. The number of imidazole rings is 1. The number of aromatic amines is 1. The van der Waals surface area contributed by atoms with E-state index in [0.717, 1.165) is 42.5 Å². The van der Waals surface area contributed by atoms with Crippen LogP contribution in [0.25, 0.3) is 11.0 Å². The van der Waals surface area contributed by atoms with Gasteiger partial charge in [0.2, 0.25) is 0 Å². The molecular formula is C22H22ClN5O2. The average molecular weight is 424 g/mol. The van der Waals surface area contributed by atoms with Crippen molar-refractivity contribution in [2.24, 2.45) is 0 Å². The number of carbonyl (C=O) groups is 1. The van der Waals surface area contributed by atoms with Crippen molar-refractivity contribution in [2.45, 2.75) is 38.6 Å². The Balaban J connectivity index is 1.19. The first kappa shape index (κ1) is 20.1. The summed E-state index contributed by atoms with van der Waals surface area (Å²) in [6, 6.07) is 11.5. The fourth-order valence-electron chi connectivity index (χ4n) is 3.20. The number of unbranched alkanes of at least 4 members (excludes halogenated alkanes) is 2. The number of aryl methyl sites for hydroxylation is 2. The average Bonchev–Trinajstić information content (AvgIpc) is 3.39. The van der Waals surface area contributed by atoms with Gasteiger partial charge in [0.1, 0.15) is 12.1 Å². The molecule has 0 bridgehead atoms. The second-order valence-corrected chi connectivity index (χ2v) is 7.41. The molecule has 0 aliphatic heterocycles. The minimum Gasteiger partial charge on any atom is -0.448 e. The van der Waals surface area contributed by atoms with Crippen molar-refractivity contribution in [3.63, 3.8) is 0 Å². The number of rotatable bonds is 9. The van der Waals surface area contributed by atoms with Gasteiger partial charge in [-0.3, -0.25) is 9.78 Å². The van der Waals surface area contributed by atoms with E-state index in [1.54, 1.807) is 18.3 Å². The van der Waals surface area contributed by atoms with Crippen LogP contribution in [0.4, 0.5) is 0 Å². The maximum atomic E-state index is 12.2. The molecule has 0 aliphatic rings. The summed E-state index contributed by atoms with van der Waals surface area (Å²) in [5, 5.41) is 3.27. The van der Waals surface area contributed by atoms with Gasteiger partial charge < -0.3 is 14.7 Å². The molecule has 0 unspecified atom stereocenters. The Labute approximate surface area is 178 Å². The number of hydrogen-bond donors (Lipinski definition) is 2. The quantitative estimate of drug-likeness (QED) is 0.387. The van der Waals surface area contributed by atoms with E-state index in [4.69, 9.17) is 16.0 Å². The van der Waals surface area contributed by atoms with E-state index in [2.05, 4.69) is 25.3 Å². The van der Waals surface area contributed by atoms with E-state index in [9.17, 15) is 4.79 Å². The van der Waals surface area contributed by atoms with Gasteiger partial charge in [-0.15, -0.1) is 0 Å². The van der Waals surface area contributed by atoms with E-state index in [1.807, 2.05) is 24.3 Å². The highest BCUT2D eigenvalue weighted by atomic mass is 35.5. The zero-order valence-corrected chi connectivity index (χ0v) is 17.2. The van der Waals surface area contributed by atoms with Crippen molar-refractivity contribution in [2.75, 3.05) is 0 Å². The molecule has 0 atom stereocenters. The molecule has 4 aromatic rings. The molecule has 4 rings (SSSR count). The molecular weight excluding hydrogens is 402 g/mol. The zero-order valence-electron chi connectivity index (χ0n) is 16.4.